The van der Waals surface area contributed by atoms with Crippen LogP contribution in [-0.2, 0) is 0 Å². The van der Waals surface area contributed by atoms with Crippen molar-refractivity contribution in [2.75, 3.05) is 0 Å². The summed E-state index contributed by atoms with van der Waals surface area (Å²) in [4.78, 5) is 0. The zero-order chi connectivity index (χ0) is 7.84. The van der Waals surface area contributed by atoms with E-state index in [-0.39, 0.29) is 0 Å². The van der Waals surface area contributed by atoms with E-state index in [4.69, 9.17) is 5.21 Å². The van der Waals surface area contributed by atoms with Gasteiger partial charge < -0.3 is 5.21 Å². The van der Waals surface area contributed by atoms with E-state index < -0.39 is 0 Å². The molecule has 2 aliphatic rings. The molecule has 60 valence electrons. The van der Waals surface area contributed by atoms with Crippen LogP contribution in [0.3, 0.4) is 0 Å². The topological polar surface area (TPSA) is 32.6 Å². The summed E-state index contributed by atoms with van der Waals surface area (Å²) in [6, 6.07) is 0. The van der Waals surface area contributed by atoms with Crippen molar-refractivity contribution >= 4 is 5.71 Å². The molecular weight excluding hydrogens is 138 g/mol. The fourth-order valence-electron chi connectivity index (χ4n) is 2.34. The summed E-state index contributed by atoms with van der Waals surface area (Å²) in [7, 11) is 0. The van der Waals surface area contributed by atoms with Gasteiger partial charge in [-0.1, -0.05) is 17.3 Å². The van der Waals surface area contributed by atoms with E-state index in [1.54, 1.807) is 0 Å². The highest BCUT2D eigenvalue weighted by Crippen LogP contribution is 2.43. The van der Waals surface area contributed by atoms with E-state index in [1.165, 1.54) is 12.8 Å². The second kappa shape index (κ2) is 2.36. The lowest BCUT2D eigenvalue weighted by molar-refractivity contribution is 0.312. The predicted molar refractivity (Wildman–Crippen MR) is 43.7 cm³/mol. The van der Waals surface area contributed by atoms with Crippen LogP contribution in [0.25, 0.3) is 0 Å². The number of rotatable bonds is 1. The Morgan fingerprint density at radius 3 is 2.73 bits per heavy atom. The van der Waals surface area contributed by atoms with Crippen molar-refractivity contribution in [1.82, 2.24) is 0 Å². The van der Waals surface area contributed by atoms with Crippen LogP contribution in [0.15, 0.2) is 17.3 Å². The third-order valence-electron chi connectivity index (χ3n) is 2.97. The lowest BCUT2D eigenvalue weighted by atomic mass is 9.90. The summed E-state index contributed by atoms with van der Waals surface area (Å²) >= 11 is 0. The van der Waals surface area contributed by atoms with Crippen LogP contribution in [0, 0.1) is 17.8 Å². The number of hydrogen-bond acceptors (Lipinski definition) is 2. The summed E-state index contributed by atoms with van der Waals surface area (Å²) in [6.07, 6.45) is 7.04. The second-order valence-corrected chi connectivity index (χ2v) is 3.63. The van der Waals surface area contributed by atoms with Gasteiger partial charge in [0.15, 0.2) is 0 Å². The zero-order valence-electron chi connectivity index (χ0n) is 6.70. The number of allylic oxidation sites excluding steroid dienone is 2. The van der Waals surface area contributed by atoms with Crippen molar-refractivity contribution in [3.8, 4) is 0 Å². The van der Waals surface area contributed by atoms with Crippen LogP contribution in [0.4, 0.5) is 0 Å². The van der Waals surface area contributed by atoms with Crippen LogP contribution >= 0.6 is 0 Å². The van der Waals surface area contributed by atoms with Gasteiger partial charge in [0.2, 0.25) is 0 Å². The van der Waals surface area contributed by atoms with Gasteiger partial charge in [-0.05, 0) is 31.6 Å². The van der Waals surface area contributed by atoms with Crippen LogP contribution in [0.2, 0.25) is 0 Å². The van der Waals surface area contributed by atoms with Crippen molar-refractivity contribution in [2.45, 2.75) is 19.8 Å². The van der Waals surface area contributed by atoms with Crippen LogP contribution < -0.4 is 0 Å². The molecule has 3 atom stereocenters. The van der Waals surface area contributed by atoms with Crippen molar-refractivity contribution in [1.29, 1.82) is 0 Å². The normalized spacial score (nSPS) is 41.9. The van der Waals surface area contributed by atoms with Gasteiger partial charge in [-0.15, -0.1) is 0 Å². The minimum absolute atomic E-state index is 0.523. The minimum Gasteiger partial charge on any atom is -0.411 e. The molecule has 11 heavy (non-hydrogen) atoms. The van der Waals surface area contributed by atoms with Crippen LogP contribution in [0.1, 0.15) is 19.8 Å². The number of fused-ring (bicyclic) bond motifs is 2. The van der Waals surface area contributed by atoms with Gasteiger partial charge in [-0.2, -0.15) is 0 Å². The fraction of sp³-hybridized carbons (Fsp3) is 0.667. The molecule has 1 fully saturated rings. The molecule has 0 aromatic heterocycles. The average molecular weight is 151 g/mol. The molecule has 2 nitrogen and oxygen atoms in total. The lowest BCUT2D eigenvalue weighted by Gasteiger charge is -2.15. The number of nitrogens with zero attached hydrogens (tertiary/aromatic N) is 1. The third-order valence-corrected chi connectivity index (χ3v) is 2.97. The van der Waals surface area contributed by atoms with Crippen molar-refractivity contribution < 1.29 is 5.21 Å². The molecule has 0 unspecified atom stereocenters. The first-order valence-corrected chi connectivity index (χ1v) is 4.18. The van der Waals surface area contributed by atoms with Crippen molar-refractivity contribution in [3.05, 3.63) is 12.2 Å². The summed E-state index contributed by atoms with van der Waals surface area (Å²) in [5.74, 6) is 1.95. The smallest absolute Gasteiger partial charge is 0.0576 e. The zero-order valence-corrected chi connectivity index (χ0v) is 6.70. The lowest BCUT2D eigenvalue weighted by Crippen LogP contribution is -2.15. The van der Waals surface area contributed by atoms with E-state index in [2.05, 4.69) is 17.3 Å². The summed E-state index contributed by atoms with van der Waals surface area (Å²) in [5.41, 5.74) is 0.904. The van der Waals surface area contributed by atoms with E-state index in [9.17, 15) is 0 Å². The number of oxime groups is 1. The van der Waals surface area contributed by atoms with Crippen LogP contribution in [-0.4, -0.2) is 10.9 Å². The van der Waals surface area contributed by atoms with Gasteiger partial charge in [0.1, 0.15) is 0 Å². The molecule has 1 saturated carbocycles. The standard InChI is InChI=1S/C9H13NO/c1-6(10-11)9-5-7-2-3-8(9)4-7/h2-3,7-9,11H,4-5H2,1H3/b10-6-/t7-,8+,9-/m1/s1. The molecule has 0 spiro atoms. The molecular formula is C9H13NO. The van der Waals surface area contributed by atoms with Crippen molar-refractivity contribution in [2.24, 2.45) is 22.9 Å². The maximum Gasteiger partial charge on any atom is 0.0576 e. The summed E-state index contributed by atoms with van der Waals surface area (Å²) in [6.45, 7) is 1.92. The molecule has 1 N–H and O–H groups in total. The van der Waals surface area contributed by atoms with E-state index >= 15 is 0 Å². The Bertz CT molecular complexity index is 220. The second-order valence-electron chi connectivity index (χ2n) is 3.63. The highest BCUT2D eigenvalue weighted by atomic mass is 16.4. The van der Waals surface area contributed by atoms with Gasteiger partial charge in [0.25, 0.3) is 0 Å². The monoisotopic (exact) mass is 151 g/mol. The molecule has 0 aliphatic heterocycles. The Hall–Kier alpha value is -0.790. The predicted octanol–water partition coefficient (Wildman–Crippen LogP) is 2.05. The minimum atomic E-state index is 0.523. The van der Waals surface area contributed by atoms with Gasteiger partial charge in [-0.3, -0.25) is 0 Å². The Labute approximate surface area is 66.6 Å². The Morgan fingerprint density at radius 1 is 1.45 bits per heavy atom. The van der Waals surface area contributed by atoms with E-state index in [0.717, 1.165) is 11.6 Å². The van der Waals surface area contributed by atoms with Crippen molar-refractivity contribution in [3.63, 3.8) is 0 Å². The maximum absolute atomic E-state index is 8.59. The van der Waals surface area contributed by atoms with Crippen LogP contribution in [0.5, 0.6) is 0 Å². The third kappa shape index (κ3) is 0.971. The molecule has 0 saturated heterocycles. The molecule has 0 amide bonds. The van der Waals surface area contributed by atoms with Gasteiger partial charge >= 0.3 is 0 Å². The SMILES string of the molecule is C/C(=N/O)[C@H]1C[C@@H]2C=C[C@H]1C2. The van der Waals surface area contributed by atoms with E-state index in [1.807, 2.05) is 6.92 Å². The van der Waals surface area contributed by atoms with E-state index in [0.29, 0.717) is 11.8 Å². The average Bonchev–Trinajstić information content (AvgIpc) is 2.62. The first kappa shape index (κ1) is 6.89. The Kier molecular flexibility index (Phi) is 1.48. The largest absolute Gasteiger partial charge is 0.411 e. The first-order valence-electron chi connectivity index (χ1n) is 4.18. The molecule has 0 heterocycles. The molecule has 2 heteroatoms. The maximum atomic E-state index is 8.59. The Balaban J connectivity index is 2.14. The fourth-order valence-corrected chi connectivity index (χ4v) is 2.34. The molecule has 0 radical (unpaired) electrons. The molecule has 2 rings (SSSR count). The quantitative estimate of drug-likeness (QED) is 0.264. The van der Waals surface area contributed by atoms with Gasteiger partial charge in [0.05, 0.1) is 5.71 Å². The highest BCUT2D eigenvalue weighted by Gasteiger charge is 2.37. The summed E-state index contributed by atoms with van der Waals surface area (Å²) in [5, 5.41) is 11.9. The highest BCUT2D eigenvalue weighted by molar-refractivity contribution is 5.84. The molecule has 0 aromatic carbocycles. The molecule has 0 aromatic rings. The molecule has 2 bridgehead atoms. The Morgan fingerprint density at radius 2 is 2.27 bits per heavy atom. The molecule has 2 aliphatic carbocycles. The first-order chi connectivity index (χ1) is 5.31. The van der Waals surface area contributed by atoms with Gasteiger partial charge in [0, 0.05) is 5.92 Å². The van der Waals surface area contributed by atoms with Gasteiger partial charge in [-0.25, -0.2) is 0 Å². The number of hydrogen-bond donors (Lipinski definition) is 1. The summed E-state index contributed by atoms with van der Waals surface area (Å²) < 4.78 is 0.